The van der Waals surface area contributed by atoms with E-state index >= 15 is 0 Å². The molecule has 0 fully saturated rings. The highest BCUT2D eigenvalue weighted by atomic mass is 15.1. The van der Waals surface area contributed by atoms with Gasteiger partial charge < -0.3 is 4.90 Å². The Labute approximate surface area is 103 Å². The molecule has 0 saturated heterocycles. The van der Waals surface area contributed by atoms with E-state index in [-0.39, 0.29) is 0 Å². The predicted octanol–water partition coefficient (Wildman–Crippen LogP) is 2.74. The minimum atomic E-state index is 0.974. The van der Waals surface area contributed by atoms with Crippen molar-refractivity contribution in [3.05, 3.63) is 53.6 Å². The van der Waals surface area contributed by atoms with Crippen LogP contribution < -0.4 is 10.4 Å². The largest absolute Gasteiger partial charge is 0.350 e. The minimum absolute atomic E-state index is 0.974. The Hall–Kier alpha value is -1.70. The number of benzene rings is 2. The number of para-hydroxylation sites is 1. The van der Waals surface area contributed by atoms with Crippen molar-refractivity contribution in [2.24, 2.45) is 0 Å². The smallest absolute Gasteiger partial charge is 0.180 e. The normalized spacial score (nSPS) is 13.4. The molecule has 0 aromatic heterocycles. The van der Waals surface area contributed by atoms with Crippen LogP contribution >= 0.6 is 0 Å². The molecule has 0 atom stereocenters. The zero-order valence-electron chi connectivity index (χ0n) is 10.3. The molecule has 1 nitrogen and oxygen atoms in total. The lowest BCUT2D eigenvalue weighted by atomic mass is 9.73. The molecular formula is C15H15BN. The number of aryl methyl sites for hydroxylation is 2. The van der Waals surface area contributed by atoms with Crippen molar-refractivity contribution >= 4 is 24.1 Å². The van der Waals surface area contributed by atoms with E-state index in [1.807, 2.05) is 0 Å². The molecule has 1 heterocycles. The van der Waals surface area contributed by atoms with Gasteiger partial charge in [0, 0.05) is 11.4 Å². The van der Waals surface area contributed by atoms with Gasteiger partial charge in [0.05, 0.1) is 0 Å². The maximum atomic E-state index is 2.37. The predicted molar refractivity (Wildman–Crippen MR) is 74.8 cm³/mol. The second-order valence-electron chi connectivity index (χ2n) is 4.72. The second kappa shape index (κ2) is 3.95. The van der Waals surface area contributed by atoms with Gasteiger partial charge in [-0.3, -0.25) is 0 Å². The van der Waals surface area contributed by atoms with E-state index in [1.165, 1.54) is 28.0 Å². The summed E-state index contributed by atoms with van der Waals surface area (Å²) in [6.07, 6.45) is 0.974. The van der Waals surface area contributed by atoms with Gasteiger partial charge in [-0.2, -0.15) is 0 Å². The molecule has 2 aromatic carbocycles. The van der Waals surface area contributed by atoms with Crippen molar-refractivity contribution in [1.29, 1.82) is 0 Å². The summed E-state index contributed by atoms with van der Waals surface area (Å²) < 4.78 is 0. The van der Waals surface area contributed by atoms with Gasteiger partial charge in [-0.05, 0) is 49.6 Å². The Balaban J connectivity index is 2.06. The highest BCUT2D eigenvalue weighted by Crippen LogP contribution is 2.28. The van der Waals surface area contributed by atoms with E-state index in [0.29, 0.717) is 0 Å². The summed E-state index contributed by atoms with van der Waals surface area (Å²) in [6, 6.07) is 15.3. The first-order valence-electron chi connectivity index (χ1n) is 6.02. The Bertz CT molecular complexity index is 542. The SMILES string of the molecule is Cc1cc(C)cc(N2C[B]c3ccccc32)c1. The number of nitrogens with zero attached hydrogens (tertiary/aromatic N) is 1. The molecule has 0 saturated carbocycles. The van der Waals surface area contributed by atoms with E-state index < -0.39 is 0 Å². The third-order valence-corrected chi connectivity index (χ3v) is 3.24. The van der Waals surface area contributed by atoms with Crippen LogP contribution in [-0.2, 0) is 0 Å². The lowest BCUT2D eigenvalue weighted by molar-refractivity contribution is 1.17. The van der Waals surface area contributed by atoms with Gasteiger partial charge in [-0.1, -0.05) is 29.7 Å². The zero-order valence-corrected chi connectivity index (χ0v) is 10.3. The highest BCUT2D eigenvalue weighted by Gasteiger charge is 2.20. The van der Waals surface area contributed by atoms with Crippen LogP contribution in [0.1, 0.15) is 11.1 Å². The van der Waals surface area contributed by atoms with Crippen LogP contribution in [0.5, 0.6) is 0 Å². The van der Waals surface area contributed by atoms with Crippen LogP contribution in [0, 0.1) is 13.8 Å². The van der Waals surface area contributed by atoms with Crippen molar-refractivity contribution in [1.82, 2.24) is 0 Å². The maximum absolute atomic E-state index is 2.37. The summed E-state index contributed by atoms with van der Waals surface area (Å²) in [4.78, 5) is 2.37. The Morgan fingerprint density at radius 2 is 1.71 bits per heavy atom. The molecule has 0 spiro atoms. The summed E-state index contributed by atoms with van der Waals surface area (Å²) in [5.74, 6) is 0. The van der Waals surface area contributed by atoms with E-state index in [1.54, 1.807) is 0 Å². The van der Waals surface area contributed by atoms with Gasteiger partial charge in [0.2, 0.25) is 0 Å². The van der Waals surface area contributed by atoms with E-state index in [0.717, 1.165) is 6.44 Å². The average molecular weight is 220 g/mol. The maximum Gasteiger partial charge on any atom is 0.180 e. The van der Waals surface area contributed by atoms with E-state index in [4.69, 9.17) is 0 Å². The lowest BCUT2D eigenvalue weighted by Crippen LogP contribution is -2.15. The van der Waals surface area contributed by atoms with Crippen LogP contribution in [0.15, 0.2) is 42.5 Å². The van der Waals surface area contributed by atoms with Gasteiger partial charge >= 0.3 is 0 Å². The Morgan fingerprint density at radius 3 is 2.47 bits per heavy atom. The van der Waals surface area contributed by atoms with Crippen LogP contribution in [0.4, 0.5) is 11.4 Å². The van der Waals surface area contributed by atoms with E-state index in [9.17, 15) is 0 Å². The molecule has 3 rings (SSSR count). The number of anilines is 2. The molecule has 2 aromatic rings. The van der Waals surface area contributed by atoms with Gasteiger partial charge in [0.15, 0.2) is 7.28 Å². The van der Waals surface area contributed by atoms with Gasteiger partial charge in [-0.15, -0.1) is 0 Å². The molecule has 0 bridgehead atoms. The molecule has 17 heavy (non-hydrogen) atoms. The number of rotatable bonds is 1. The quantitative estimate of drug-likeness (QED) is 0.668. The summed E-state index contributed by atoms with van der Waals surface area (Å²) in [5, 5.41) is 0. The molecule has 0 amide bonds. The van der Waals surface area contributed by atoms with Crippen molar-refractivity contribution < 1.29 is 0 Å². The second-order valence-corrected chi connectivity index (χ2v) is 4.72. The molecule has 0 aliphatic carbocycles. The summed E-state index contributed by atoms with van der Waals surface area (Å²) >= 11 is 0. The monoisotopic (exact) mass is 220 g/mol. The molecule has 0 unspecified atom stereocenters. The van der Waals surface area contributed by atoms with Crippen molar-refractivity contribution in [3.8, 4) is 0 Å². The van der Waals surface area contributed by atoms with Gasteiger partial charge in [0.25, 0.3) is 0 Å². The number of hydrogen-bond acceptors (Lipinski definition) is 1. The molecule has 1 aliphatic heterocycles. The first-order valence-corrected chi connectivity index (χ1v) is 6.02. The Morgan fingerprint density at radius 1 is 1.00 bits per heavy atom. The van der Waals surface area contributed by atoms with Crippen molar-refractivity contribution in [2.75, 3.05) is 11.3 Å². The highest BCUT2D eigenvalue weighted by molar-refractivity contribution is 6.59. The number of hydrogen-bond donors (Lipinski definition) is 0. The standard InChI is InChI=1S/C15H15BN/c1-11-7-12(2)9-13(8-11)17-10-16-14-5-3-4-6-15(14)17/h3-9H,10H2,1-2H3. The van der Waals surface area contributed by atoms with Crippen LogP contribution in [0.2, 0.25) is 0 Å². The summed E-state index contributed by atoms with van der Waals surface area (Å²) in [5.41, 5.74) is 6.60. The topological polar surface area (TPSA) is 3.24 Å². The van der Waals surface area contributed by atoms with Gasteiger partial charge in [0.1, 0.15) is 0 Å². The first-order chi connectivity index (χ1) is 8.24. The third kappa shape index (κ3) is 1.84. The molecule has 1 radical (unpaired) electrons. The van der Waals surface area contributed by atoms with E-state index in [2.05, 4.69) is 68.5 Å². The molecule has 2 heteroatoms. The van der Waals surface area contributed by atoms with Crippen molar-refractivity contribution in [3.63, 3.8) is 0 Å². The molecule has 83 valence electrons. The molecular weight excluding hydrogens is 205 g/mol. The van der Waals surface area contributed by atoms with Gasteiger partial charge in [-0.25, -0.2) is 0 Å². The minimum Gasteiger partial charge on any atom is -0.350 e. The summed E-state index contributed by atoms with van der Waals surface area (Å²) in [7, 11) is 2.28. The van der Waals surface area contributed by atoms with Crippen LogP contribution in [0.25, 0.3) is 0 Å². The van der Waals surface area contributed by atoms with Crippen LogP contribution in [0.3, 0.4) is 0 Å². The lowest BCUT2D eigenvalue weighted by Gasteiger charge is -2.21. The fraction of sp³-hybridized carbons (Fsp3) is 0.200. The average Bonchev–Trinajstić information content (AvgIpc) is 2.71. The third-order valence-electron chi connectivity index (χ3n) is 3.24. The van der Waals surface area contributed by atoms with Crippen molar-refractivity contribution in [2.45, 2.75) is 13.8 Å². The molecule has 1 aliphatic rings. The number of fused-ring (bicyclic) bond motifs is 1. The fourth-order valence-electron chi connectivity index (χ4n) is 2.54. The molecule has 0 N–H and O–H groups in total. The summed E-state index contributed by atoms with van der Waals surface area (Å²) in [6.45, 7) is 4.31. The zero-order chi connectivity index (χ0) is 11.8. The first kappa shape index (κ1) is 10.5. The fourth-order valence-corrected chi connectivity index (χ4v) is 2.54. The van der Waals surface area contributed by atoms with Crippen LogP contribution in [-0.4, -0.2) is 13.7 Å². The Kier molecular flexibility index (Phi) is 2.43.